The van der Waals surface area contributed by atoms with Crippen LogP contribution in [0.2, 0.25) is 0 Å². The first-order valence-electron chi connectivity index (χ1n) is 6.51. The molecule has 1 aromatic carbocycles. The molecule has 2 unspecified atom stereocenters. The maximum absolute atomic E-state index is 11.7. The number of nitrogens with zero attached hydrogens (tertiary/aromatic N) is 1. The van der Waals surface area contributed by atoms with Crippen molar-refractivity contribution in [2.24, 2.45) is 5.92 Å². The molecule has 2 rings (SSSR count). The number of aromatic hydroxyl groups is 1. The fourth-order valence-corrected chi connectivity index (χ4v) is 2.89. The standard InChI is InChI=1S/C15H21NO2.ClH/c1-16(2)10-12-6-7-14(18)9-15(12)11-4-3-5-13(17)8-11;/h3-5,8,12,15,17H,6-7,9-10H2,1-2H3;1H. The molecule has 1 aliphatic rings. The Morgan fingerprint density at radius 3 is 2.74 bits per heavy atom. The van der Waals surface area contributed by atoms with Gasteiger partial charge in [-0.3, -0.25) is 4.79 Å². The number of rotatable bonds is 3. The van der Waals surface area contributed by atoms with Crippen molar-refractivity contribution in [3.05, 3.63) is 29.8 Å². The van der Waals surface area contributed by atoms with Gasteiger partial charge in [0, 0.05) is 19.4 Å². The van der Waals surface area contributed by atoms with E-state index in [4.69, 9.17) is 0 Å². The molecule has 4 heteroatoms. The minimum absolute atomic E-state index is 0. The fraction of sp³-hybridized carbons (Fsp3) is 0.533. The highest BCUT2D eigenvalue weighted by Gasteiger charge is 2.30. The zero-order valence-electron chi connectivity index (χ0n) is 11.5. The maximum atomic E-state index is 11.7. The van der Waals surface area contributed by atoms with E-state index in [0.29, 0.717) is 24.5 Å². The summed E-state index contributed by atoms with van der Waals surface area (Å²) in [5, 5.41) is 9.58. The Bertz CT molecular complexity index is 434. The van der Waals surface area contributed by atoms with Crippen molar-refractivity contribution in [3.63, 3.8) is 0 Å². The maximum Gasteiger partial charge on any atom is 0.133 e. The molecule has 0 bridgehead atoms. The number of carbonyl (C=O) groups is 1. The van der Waals surface area contributed by atoms with E-state index in [1.54, 1.807) is 12.1 Å². The summed E-state index contributed by atoms with van der Waals surface area (Å²) in [7, 11) is 4.13. The van der Waals surface area contributed by atoms with Gasteiger partial charge in [0.05, 0.1) is 0 Å². The van der Waals surface area contributed by atoms with E-state index >= 15 is 0 Å². The molecule has 2 atom stereocenters. The first-order valence-corrected chi connectivity index (χ1v) is 6.51. The third-order valence-corrected chi connectivity index (χ3v) is 3.71. The number of carbonyl (C=O) groups excluding carboxylic acids is 1. The van der Waals surface area contributed by atoms with Gasteiger partial charge in [0.1, 0.15) is 11.5 Å². The van der Waals surface area contributed by atoms with Gasteiger partial charge in [-0.1, -0.05) is 12.1 Å². The van der Waals surface area contributed by atoms with Gasteiger partial charge >= 0.3 is 0 Å². The molecule has 1 aromatic rings. The summed E-state index contributed by atoms with van der Waals surface area (Å²) < 4.78 is 0. The van der Waals surface area contributed by atoms with Gasteiger partial charge < -0.3 is 10.0 Å². The summed E-state index contributed by atoms with van der Waals surface area (Å²) in [4.78, 5) is 13.9. The third-order valence-electron chi connectivity index (χ3n) is 3.71. The van der Waals surface area contributed by atoms with Gasteiger partial charge in [-0.25, -0.2) is 0 Å². The molecule has 0 amide bonds. The highest BCUT2D eigenvalue weighted by Crippen LogP contribution is 2.37. The van der Waals surface area contributed by atoms with Crippen molar-refractivity contribution in [1.82, 2.24) is 4.90 Å². The van der Waals surface area contributed by atoms with Crippen molar-refractivity contribution in [2.75, 3.05) is 20.6 Å². The first kappa shape index (κ1) is 16.0. The summed E-state index contributed by atoms with van der Waals surface area (Å²) >= 11 is 0. The molecule has 19 heavy (non-hydrogen) atoms. The Morgan fingerprint density at radius 1 is 1.37 bits per heavy atom. The van der Waals surface area contributed by atoms with Gasteiger partial charge in [0.25, 0.3) is 0 Å². The lowest BCUT2D eigenvalue weighted by Crippen LogP contribution is -2.31. The Labute approximate surface area is 121 Å². The van der Waals surface area contributed by atoms with Crippen molar-refractivity contribution >= 4 is 18.2 Å². The van der Waals surface area contributed by atoms with E-state index in [1.165, 1.54) is 0 Å². The smallest absolute Gasteiger partial charge is 0.133 e. The molecule has 1 aliphatic carbocycles. The second kappa shape index (κ2) is 6.92. The zero-order chi connectivity index (χ0) is 13.1. The fourth-order valence-electron chi connectivity index (χ4n) is 2.89. The molecule has 106 valence electrons. The summed E-state index contributed by atoms with van der Waals surface area (Å²) in [6.45, 7) is 0.994. The third kappa shape index (κ3) is 4.22. The molecule has 3 nitrogen and oxygen atoms in total. The van der Waals surface area contributed by atoms with Crippen LogP contribution >= 0.6 is 12.4 Å². The highest BCUT2D eigenvalue weighted by atomic mass is 35.5. The van der Waals surface area contributed by atoms with E-state index in [-0.39, 0.29) is 24.1 Å². The van der Waals surface area contributed by atoms with Crippen LogP contribution in [0.25, 0.3) is 0 Å². The van der Waals surface area contributed by atoms with Crippen LogP contribution in [0.15, 0.2) is 24.3 Å². The van der Waals surface area contributed by atoms with Gasteiger partial charge in [0.15, 0.2) is 0 Å². The first-order chi connectivity index (χ1) is 8.56. The number of halogens is 1. The molecular formula is C15H22ClNO2. The van der Waals surface area contributed by atoms with E-state index in [9.17, 15) is 9.90 Å². The topological polar surface area (TPSA) is 40.5 Å². The molecule has 1 saturated carbocycles. The average molecular weight is 284 g/mol. The number of Topliss-reactive ketones (excluding diaryl/α,β-unsaturated/α-hetero) is 1. The van der Waals surface area contributed by atoms with Crippen LogP contribution in [-0.4, -0.2) is 36.4 Å². The lowest BCUT2D eigenvalue weighted by atomic mass is 9.74. The number of hydrogen-bond donors (Lipinski definition) is 1. The second-order valence-electron chi connectivity index (χ2n) is 5.51. The minimum atomic E-state index is 0. The number of phenols is 1. The van der Waals surface area contributed by atoms with Crippen LogP contribution in [-0.2, 0) is 4.79 Å². The predicted octanol–water partition coefficient (Wildman–Crippen LogP) is 2.83. The van der Waals surface area contributed by atoms with Crippen LogP contribution in [0.4, 0.5) is 0 Å². The molecule has 0 saturated heterocycles. The number of benzene rings is 1. The number of ketones is 1. The molecule has 0 spiro atoms. The van der Waals surface area contributed by atoms with Gasteiger partial charge in [-0.15, -0.1) is 12.4 Å². The summed E-state index contributed by atoms with van der Waals surface area (Å²) in [6.07, 6.45) is 2.27. The minimum Gasteiger partial charge on any atom is -0.508 e. The quantitative estimate of drug-likeness (QED) is 0.927. The lowest BCUT2D eigenvalue weighted by Gasteiger charge is -2.33. The average Bonchev–Trinajstić information content (AvgIpc) is 2.31. The van der Waals surface area contributed by atoms with Gasteiger partial charge in [0.2, 0.25) is 0 Å². The van der Waals surface area contributed by atoms with E-state index < -0.39 is 0 Å². The predicted molar refractivity (Wildman–Crippen MR) is 79.0 cm³/mol. The Kier molecular flexibility index (Phi) is 5.83. The van der Waals surface area contributed by atoms with E-state index in [2.05, 4.69) is 19.0 Å². The Morgan fingerprint density at radius 2 is 2.11 bits per heavy atom. The van der Waals surface area contributed by atoms with Crippen LogP contribution in [0.1, 0.15) is 30.7 Å². The van der Waals surface area contributed by atoms with Gasteiger partial charge in [-0.2, -0.15) is 0 Å². The molecule has 0 aliphatic heterocycles. The number of phenolic OH excluding ortho intramolecular Hbond substituents is 1. The summed E-state index contributed by atoms with van der Waals surface area (Å²) in [5.74, 6) is 1.38. The van der Waals surface area contributed by atoms with Crippen LogP contribution in [0, 0.1) is 5.92 Å². The van der Waals surface area contributed by atoms with Crippen LogP contribution < -0.4 is 0 Å². The molecule has 1 N–H and O–H groups in total. The van der Waals surface area contributed by atoms with E-state index in [0.717, 1.165) is 18.5 Å². The van der Waals surface area contributed by atoms with Crippen molar-refractivity contribution in [3.8, 4) is 5.75 Å². The second-order valence-corrected chi connectivity index (χ2v) is 5.51. The normalized spacial score (nSPS) is 23.2. The molecular weight excluding hydrogens is 262 g/mol. The highest BCUT2D eigenvalue weighted by molar-refractivity contribution is 5.85. The van der Waals surface area contributed by atoms with Crippen molar-refractivity contribution in [1.29, 1.82) is 0 Å². The Balaban J connectivity index is 0.00000180. The zero-order valence-corrected chi connectivity index (χ0v) is 12.3. The number of hydrogen-bond acceptors (Lipinski definition) is 3. The SMILES string of the molecule is CN(C)CC1CCC(=O)CC1c1cccc(O)c1.Cl. The lowest BCUT2D eigenvalue weighted by molar-refractivity contribution is -0.121. The molecule has 1 fully saturated rings. The Hall–Kier alpha value is -1.06. The van der Waals surface area contributed by atoms with Crippen molar-refractivity contribution in [2.45, 2.75) is 25.2 Å². The van der Waals surface area contributed by atoms with Crippen LogP contribution in [0.3, 0.4) is 0 Å². The van der Waals surface area contributed by atoms with Crippen LogP contribution in [0.5, 0.6) is 5.75 Å². The summed E-state index contributed by atoms with van der Waals surface area (Å²) in [6, 6.07) is 7.35. The summed E-state index contributed by atoms with van der Waals surface area (Å²) in [5.41, 5.74) is 1.09. The molecule has 0 aromatic heterocycles. The van der Waals surface area contributed by atoms with Gasteiger partial charge in [-0.05, 0) is 50.0 Å². The molecule has 0 radical (unpaired) electrons. The molecule has 0 heterocycles. The largest absolute Gasteiger partial charge is 0.508 e. The van der Waals surface area contributed by atoms with E-state index in [1.807, 2.05) is 12.1 Å². The van der Waals surface area contributed by atoms with Crippen molar-refractivity contribution < 1.29 is 9.90 Å². The monoisotopic (exact) mass is 283 g/mol.